The molecule has 1 fully saturated rings. The van der Waals surface area contributed by atoms with Gasteiger partial charge >= 0.3 is 0 Å². The van der Waals surface area contributed by atoms with Crippen LogP contribution < -0.4 is 0 Å². The van der Waals surface area contributed by atoms with Crippen LogP contribution in [0.5, 0.6) is 0 Å². The van der Waals surface area contributed by atoms with Crippen molar-refractivity contribution in [1.29, 1.82) is 0 Å². The molecule has 3 heteroatoms. The van der Waals surface area contributed by atoms with Gasteiger partial charge in [-0.05, 0) is 44.4 Å². The molecule has 0 N–H and O–H groups in total. The Morgan fingerprint density at radius 3 is 3.00 bits per heavy atom. The van der Waals surface area contributed by atoms with Gasteiger partial charge in [0.2, 0.25) is 0 Å². The quantitative estimate of drug-likeness (QED) is 0.827. The van der Waals surface area contributed by atoms with E-state index >= 15 is 0 Å². The highest BCUT2D eigenvalue weighted by atomic mass is 79.9. The Morgan fingerprint density at radius 1 is 1.50 bits per heavy atom. The minimum Gasteiger partial charge on any atom is -0.297 e. The fourth-order valence-electron chi connectivity index (χ4n) is 2.43. The number of pyridine rings is 1. The molecule has 0 aromatic carbocycles. The monoisotopic (exact) mass is 282 g/mol. The van der Waals surface area contributed by atoms with E-state index < -0.39 is 0 Å². The number of aryl methyl sites for hydroxylation is 1. The number of halogens is 1. The summed E-state index contributed by atoms with van der Waals surface area (Å²) in [4.78, 5) is 7.10. The highest BCUT2D eigenvalue weighted by Crippen LogP contribution is 2.19. The van der Waals surface area contributed by atoms with Crippen LogP contribution in [0.4, 0.5) is 0 Å². The van der Waals surface area contributed by atoms with Crippen molar-refractivity contribution in [3.05, 3.63) is 28.0 Å². The van der Waals surface area contributed by atoms with Crippen molar-refractivity contribution in [2.24, 2.45) is 5.92 Å². The number of hydrogen-bond donors (Lipinski definition) is 0. The van der Waals surface area contributed by atoms with Crippen molar-refractivity contribution in [3.8, 4) is 0 Å². The SMILES string of the molecule is Cc1cc(Br)cc(CN2CCC[C@H](C)C2)n1. The number of nitrogens with zero attached hydrogens (tertiary/aromatic N) is 2. The van der Waals surface area contributed by atoms with Gasteiger partial charge in [0.25, 0.3) is 0 Å². The van der Waals surface area contributed by atoms with E-state index in [1.807, 2.05) is 6.92 Å². The van der Waals surface area contributed by atoms with Crippen LogP contribution in [0.2, 0.25) is 0 Å². The van der Waals surface area contributed by atoms with Crippen molar-refractivity contribution in [2.75, 3.05) is 13.1 Å². The molecule has 2 rings (SSSR count). The van der Waals surface area contributed by atoms with E-state index in [0.29, 0.717) is 0 Å². The zero-order valence-corrected chi connectivity index (χ0v) is 11.6. The molecule has 16 heavy (non-hydrogen) atoms. The molecule has 0 aliphatic carbocycles. The van der Waals surface area contributed by atoms with Gasteiger partial charge in [-0.15, -0.1) is 0 Å². The predicted molar refractivity (Wildman–Crippen MR) is 70.3 cm³/mol. The normalized spacial score (nSPS) is 22.3. The van der Waals surface area contributed by atoms with Crippen molar-refractivity contribution in [2.45, 2.75) is 33.2 Å². The van der Waals surface area contributed by atoms with E-state index in [9.17, 15) is 0 Å². The molecule has 1 aliphatic rings. The third kappa shape index (κ3) is 3.29. The molecule has 88 valence electrons. The average Bonchev–Trinajstić information content (AvgIpc) is 2.15. The standard InChI is InChI=1S/C13H19BrN2/c1-10-4-3-5-16(8-10)9-13-7-12(14)6-11(2)15-13/h6-7,10H,3-5,8-9H2,1-2H3/t10-/m0/s1. The number of rotatable bonds is 2. The summed E-state index contributed by atoms with van der Waals surface area (Å²) in [6.07, 6.45) is 2.70. The van der Waals surface area contributed by atoms with Crippen molar-refractivity contribution >= 4 is 15.9 Å². The number of hydrogen-bond acceptors (Lipinski definition) is 2. The van der Waals surface area contributed by atoms with Crippen LogP contribution in [-0.4, -0.2) is 23.0 Å². The van der Waals surface area contributed by atoms with Gasteiger partial charge in [-0.1, -0.05) is 22.9 Å². The summed E-state index contributed by atoms with van der Waals surface area (Å²) in [7, 11) is 0. The highest BCUT2D eigenvalue weighted by Gasteiger charge is 2.16. The van der Waals surface area contributed by atoms with E-state index in [0.717, 1.165) is 22.6 Å². The van der Waals surface area contributed by atoms with Crippen LogP contribution in [-0.2, 0) is 6.54 Å². The molecular weight excluding hydrogens is 264 g/mol. The molecule has 0 unspecified atom stereocenters. The Bertz CT molecular complexity index is 345. The van der Waals surface area contributed by atoms with Gasteiger partial charge in [-0.3, -0.25) is 9.88 Å². The largest absolute Gasteiger partial charge is 0.297 e. The average molecular weight is 283 g/mol. The zero-order valence-electron chi connectivity index (χ0n) is 10.0. The lowest BCUT2D eigenvalue weighted by Crippen LogP contribution is -2.34. The van der Waals surface area contributed by atoms with E-state index in [-0.39, 0.29) is 0 Å². The van der Waals surface area contributed by atoms with Crippen molar-refractivity contribution < 1.29 is 0 Å². The summed E-state index contributed by atoms with van der Waals surface area (Å²) in [5.74, 6) is 0.835. The Morgan fingerprint density at radius 2 is 2.31 bits per heavy atom. The van der Waals surface area contributed by atoms with Crippen LogP contribution >= 0.6 is 15.9 Å². The second kappa shape index (κ2) is 5.28. The third-order valence-corrected chi connectivity index (χ3v) is 3.56. The lowest BCUT2D eigenvalue weighted by atomic mass is 10.0. The molecule has 1 aliphatic heterocycles. The second-order valence-corrected chi connectivity index (χ2v) is 5.82. The van der Waals surface area contributed by atoms with E-state index in [1.54, 1.807) is 0 Å². The molecule has 1 saturated heterocycles. The molecule has 0 spiro atoms. The molecule has 0 saturated carbocycles. The van der Waals surface area contributed by atoms with E-state index in [1.165, 1.54) is 31.6 Å². The topological polar surface area (TPSA) is 16.1 Å². The lowest BCUT2D eigenvalue weighted by molar-refractivity contribution is 0.175. The summed E-state index contributed by atoms with van der Waals surface area (Å²) in [5.41, 5.74) is 2.27. The van der Waals surface area contributed by atoms with Crippen LogP contribution in [0, 0.1) is 12.8 Å². The summed E-state index contributed by atoms with van der Waals surface area (Å²) < 4.78 is 1.14. The van der Waals surface area contributed by atoms with Crippen molar-refractivity contribution in [1.82, 2.24) is 9.88 Å². The molecule has 0 bridgehead atoms. The van der Waals surface area contributed by atoms with Gasteiger partial charge in [0.15, 0.2) is 0 Å². The van der Waals surface area contributed by atoms with Crippen LogP contribution in [0.3, 0.4) is 0 Å². The first-order valence-corrected chi connectivity index (χ1v) is 6.78. The van der Waals surface area contributed by atoms with Gasteiger partial charge < -0.3 is 0 Å². The molecule has 1 aromatic heterocycles. The van der Waals surface area contributed by atoms with Gasteiger partial charge in [-0.2, -0.15) is 0 Å². The van der Waals surface area contributed by atoms with Crippen molar-refractivity contribution in [3.63, 3.8) is 0 Å². The van der Waals surface area contributed by atoms with Gasteiger partial charge in [0.1, 0.15) is 0 Å². The Balaban J connectivity index is 2.02. The third-order valence-electron chi connectivity index (χ3n) is 3.10. The van der Waals surface area contributed by atoms with Crippen LogP contribution in [0.25, 0.3) is 0 Å². The second-order valence-electron chi connectivity index (χ2n) is 4.90. The Kier molecular flexibility index (Phi) is 3.98. The van der Waals surface area contributed by atoms with E-state index in [4.69, 9.17) is 0 Å². The Labute approximate surface area is 106 Å². The summed E-state index contributed by atoms with van der Waals surface area (Å²) in [5, 5.41) is 0. The molecular formula is C13H19BrN2. The molecule has 2 heterocycles. The maximum absolute atomic E-state index is 4.58. The smallest absolute Gasteiger partial charge is 0.0558 e. The summed E-state index contributed by atoms with van der Waals surface area (Å²) in [6.45, 7) is 7.81. The first-order chi connectivity index (χ1) is 7.63. The summed E-state index contributed by atoms with van der Waals surface area (Å²) in [6, 6.07) is 4.19. The maximum atomic E-state index is 4.58. The van der Waals surface area contributed by atoms with Crippen LogP contribution in [0.1, 0.15) is 31.2 Å². The minimum absolute atomic E-state index is 0.835. The fourth-order valence-corrected chi connectivity index (χ4v) is 3.03. The van der Waals surface area contributed by atoms with Crippen LogP contribution in [0.15, 0.2) is 16.6 Å². The van der Waals surface area contributed by atoms with Gasteiger partial charge in [0, 0.05) is 23.3 Å². The number of aromatic nitrogens is 1. The molecule has 0 amide bonds. The minimum atomic E-state index is 0.835. The Hall–Kier alpha value is -0.410. The maximum Gasteiger partial charge on any atom is 0.0558 e. The lowest BCUT2D eigenvalue weighted by Gasteiger charge is -2.30. The van der Waals surface area contributed by atoms with Gasteiger partial charge in [0.05, 0.1) is 5.69 Å². The molecule has 1 atom stereocenters. The molecule has 1 aromatic rings. The first kappa shape index (κ1) is 12.1. The van der Waals surface area contributed by atoms with Gasteiger partial charge in [-0.25, -0.2) is 0 Å². The number of likely N-dealkylation sites (tertiary alicyclic amines) is 1. The summed E-state index contributed by atoms with van der Waals surface area (Å²) >= 11 is 3.53. The zero-order chi connectivity index (χ0) is 11.5. The van der Waals surface area contributed by atoms with E-state index in [2.05, 4.69) is 44.9 Å². The molecule has 2 nitrogen and oxygen atoms in total. The first-order valence-electron chi connectivity index (χ1n) is 5.99. The molecule has 0 radical (unpaired) electrons. The predicted octanol–water partition coefficient (Wildman–Crippen LogP) is 3.38. The fraction of sp³-hybridized carbons (Fsp3) is 0.615. The number of piperidine rings is 1. The highest BCUT2D eigenvalue weighted by molar-refractivity contribution is 9.10.